The summed E-state index contributed by atoms with van der Waals surface area (Å²) in [6.07, 6.45) is 3.09. The molecule has 4 heteroatoms. The van der Waals surface area contributed by atoms with Crippen molar-refractivity contribution in [1.82, 2.24) is 4.98 Å². The zero-order chi connectivity index (χ0) is 13.1. The van der Waals surface area contributed by atoms with E-state index >= 15 is 0 Å². The number of nitrogens with zero attached hydrogens (tertiary/aromatic N) is 2. The molecule has 0 aromatic carbocycles. The van der Waals surface area contributed by atoms with Crippen LogP contribution in [0.4, 0.5) is 5.69 Å². The molecule has 1 aliphatic heterocycles. The zero-order valence-electron chi connectivity index (χ0n) is 11.1. The lowest BCUT2D eigenvalue weighted by molar-refractivity contribution is 0.169. The fourth-order valence-corrected chi connectivity index (χ4v) is 2.58. The predicted molar refractivity (Wildman–Crippen MR) is 71.5 cm³/mol. The van der Waals surface area contributed by atoms with Crippen molar-refractivity contribution in [2.75, 3.05) is 18.1 Å². The molecule has 2 heterocycles. The Morgan fingerprint density at radius 2 is 2.28 bits per heavy atom. The van der Waals surface area contributed by atoms with E-state index in [1.165, 1.54) is 0 Å². The number of anilines is 1. The van der Waals surface area contributed by atoms with E-state index < -0.39 is 6.10 Å². The molecule has 100 valence electrons. The molecule has 2 N–H and O–H groups in total. The fourth-order valence-electron chi connectivity index (χ4n) is 2.58. The monoisotopic (exact) mass is 250 g/mol. The quantitative estimate of drug-likeness (QED) is 0.854. The molecule has 0 aliphatic carbocycles. The van der Waals surface area contributed by atoms with Gasteiger partial charge in [0.15, 0.2) is 0 Å². The number of hydrogen-bond acceptors (Lipinski definition) is 4. The molecular weight excluding hydrogens is 228 g/mol. The molecule has 2 unspecified atom stereocenters. The first-order valence-corrected chi connectivity index (χ1v) is 6.68. The van der Waals surface area contributed by atoms with Crippen LogP contribution < -0.4 is 4.90 Å². The summed E-state index contributed by atoms with van der Waals surface area (Å²) in [5.74, 6) is 0.510. The van der Waals surface area contributed by atoms with Crippen LogP contribution in [0.5, 0.6) is 0 Å². The Balaban J connectivity index is 2.14. The van der Waals surface area contributed by atoms with Gasteiger partial charge in [-0.2, -0.15) is 0 Å². The highest BCUT2D eigenvalue weighted by Crippen LogP contribution is 2.29. The number of hydrogen-bond donors (Lipinski definition) is 2. The molecule has 4 nitrogen and oxygen atoms in total. The van der Waals surface area contributed by atoms with Gasteiger partial charge in [0.1, 0.15) is 0 Å². The van der Waals surface area contributed by atoms with E-state index in [0.717, 1.165) is 18.7 Å². The number of aliphatic hydroxyl groups is 2. The van der Waals surface area contributed by atoms with Crippen LogP contribution in [0.1, 0.15) is 38.5 Å². The highest BCUT2D eigenvalue weighted by molar-refractivity contribution is 5.47. The standard InChI is InChI=1S/C14H22N2O2/c1-3-14(18)12-5-4-11(8-15-12)16-7-6-10(2)13(16)9-17/h4-5,8,10,13-14,17-18H,3,6-7,9H2,1-2H3/t10?,13?,14-/m1/s1. The Morgan fingerprint density at radius 3 is 2.83 bits per heavy atom. The molecule has 1 fully saturated rings. The minimum absolute atomic E-state index is 0.181. The van der Waals surface area contributed by atoms with Gasteiger partial charge in [-0.05, 0) is 30.9 Å². The van der Waals surface area contributed by atoms with Crippen LogP contribution in [0, 0.1) is 5.92 Å². The molecule has 0 saturated carbocycles. The highest BCUT2D eigenvalue weighted by Gasteiger charge is 2.30. The van der Waals surface area contributed by atoms with Crippen molar-refractivity contribution in [2.24, 2.45) is 5.92 Å². The van der Waals surface area contributed by atoms with Crippen molar-refractivity contribution in [3.8, 4) is 0 Å². The average Bonchev–Trinajstić information content (AvgIpc) is 2.79. The van der Waals surface area contributed by atoms with Gasteiger partial charge in [-0.25, -0.2) is 0 Å². The summed E-state index contributed by atoms with van der Waals surface area (Å²) in [4.78, 5) is 6.52. The lowest BCUT2D eigenvalue weighted by Crippen LogP contribution is -2.35. The van der Waals surface area contributed by atoms with E-state index in [9.17, 15) is 10.2 Å². The molecule has 1 aromatic heterocycles. The molecule has 1 saturated heterocycles. The Kier molecular flexibility index (Phi) is 4.19. The van der Waals surface area contributed by atoms with Crippen LogP contribution in [-0.2, 0) is 0 Å². The van der Waals surface area contributed by atoms with Crippen molar-refractivity contribution >= 4 is 5.69 Å². The SMILES string of the molecule is CC[C@@H](O)c1ccc(N2CCC(C)C2CO)cn1. The molecule has 0 bridgehead atoms. The summed E-state index contributed by atoms with van der Waals surface area (Å²) in [6.45, 7) is 5.25. The maximum atomic E-state index is 9.71. The normalized spacial score (nSPS) is 25.4. The van der Waals surface area contributed by atoms with Crippen molar-refractivity contribution in [3.05, 3.63) is 24.0 Å². The van der Waals surface area contributed by atoms with Crippen molar-refractivity contribution in [3.63, 3.8) is 0 Å². The number of aliphatic hydroxyl groups excluding tert-OH is 2. The maximum absolute atomic E-state index is 9.71. The number of pyridine rings is 1. The molecule has 3 atom stereocenters. The summed E-state index contributed by atoms with van der Waals surface area (Å²) in [5.41, 5.74) is 1.75. The van der Waals surface area contributed by atoms with Crippen LogP contribution in [-0.4, -0.2) is 34.4 Å². The Labute approximate surface area is 108 Å². The van der Waals surface area contributed by atoms with Crippen LogP contribution in [0.15, 0.2) is 18.3 Å². The molecule has 0 radical (unpaired) electrons. The molecule has 1 aliphatic rings. The van der Waals surface area contributed by atoms with E-state index in [1.54, 1.807) is 6.20 Å². The van der Waals surface area contributed by atoms with E-state index in [4.69, 9.17) is 0 Å². The van der Waals surface area contributed by atoms with Crippen molar-refractivity contribution in [2.45, 2.75) is 38.8 Å². The zero-order valence-corrected chi connectivity index (χ0v) is 11.1. The predicted octanol–water partition coefficient (Wildman–Crippen LogP) is 1.73. The minimum atomic E-state index is -0.481. The fraction of sp³-hybridized carbons (Fsp3) is 0.643. The molecule has 18 heavy (non-hydrogen) atoms. The van der Waals surface area contributed by atoms with Crippen LogP contribution >= 0.6 is 0 Å². The van der Waals surface area contributed by atoms with Gasteiger partial charge in [0.2, 0.25) is 0 Å². The van der Waals surface area contributed by atoms with E-state index in [1.807, 2.05) is 19.1 Å². The molecule has 1 aromatic rings. The lowest BCUT2D eigenvalue weighted by atomic mass is 10.0. The number of rotatable bonds is 4. The molecule has 0 amide bonds. The second-order valence-corrected chi connectivity index (χ2v) is 5.07. The van der Waals surface area contributed by atoms with Crippen molar-refractivity contribution in [1.29, 1.82) is 0 Å². The summed E-state index contributed by atoms with van der Waals surface area (Å²) in [6, 6.07) is 4.05. The summed E-state index contributed by atoms with van der Waals surface area (Å²) in [5, 5.41) is 19.2. The highest BCUT2D eigenvalue weighted by atomic mass is 16.3. The third-order valence-corrected chi connectivity index (χ3v) is 3.90. The minimum Gasteiger partial charge on any atom is -0.394 e. The first-order chi connectivity index (χ1) is 8.67. The van der Waals surface area contributed by atoms with Gasteiger partial charge in [-0.15, -0.1) is 0 Å². The van der Waals surface area contributed by atoms with Crippen LogP contribution in [0.2, 0.25) is 0 Å². The van der Waals surface area contributed by atoms with Gasteiger partial charge in [0.05, 0.1) is 36.3 Å². The first-order valence-electron chi connectivity index (χ1n) is 6.68. The maximum Gasteiger partial charge on any atom is 0.0957 e. The lowest BCUT2D eigenvalue weighted by Gasteiger charge is -2.27. The van der Waals surface area contributed by atoms with Gasteiger partial charge < -0.3 is 15.1 Å². The topological polar surface area (TPSA) is 56.6 Å². The van der Waals surface area contributed by atoms with Crippen LogP contribution in [0.3, 0.4) is 0 Å². The van der Waals surface area contributed by atoms with E-state index in [0.29, 0.717) is 18.0 Å². The summed E-state index contributed by atoms with van der Waals surface area (Å²) in [7, 11) is 0. The van der Waals surface area contributed by atoms with Gasteiger partial charge in [0.25, 0.3) is 0 Å². The average molecular weight is 250 g/mol. The van der Waals surface area contributed by atoms with Gasteiger partial charge in [-0.1, -0.05) is 13.8 Å². The smallest absolute Gasteiger partial charge is 0.0957 e. The summed E-state index contributed by atoms with van der Waals surface area (Å²) >= 11 is 0. The van der Waals surface area contributed by atoms with Gasteiger partial charge in [0, 0.05) is 6.54 Å². The third-order valence-electron chi connectivity index (χ3n) is 3.90. The first kappa shape index (κ1) is 13.3. The summed E-state index contributed by atoms with van der Waals surface area (Å²) < 4.78 is 0. The van der Waals surface area contributed by atoms with Crippen molar-refractivity contribution < 1.29 is 10.2 Å². The Hall–Kier alpha value is -1.13. The number of aromatic nitrogens is 1. The molecule has 2 rings (SSSR count). The van der Waals surface area contributed by atoms with Gasteiger partial charge >= 0.3 is 0 Å². The Morgan fingerprint density at radius 1 is 1.50 bits per heavy atom. The third kappa shape index (κ3) is 2.49. The Bertz CT molecular complexity index is 380. The van der Waals surface area contributed by atoms with E-state index in [2.05, 4.69) is 16.8 Å². The molecular formula is C14H22N2O2. The largest absolute Gasteiger partial charge is 0.394 e. The van der Waals surface area contributed by atoms with E-state index in [-0.39, 0.29) is 12.6 Å². The molecule has 0 spiro atoms. The van der Waals surface area contributed by atoms with Gasteiger partial charge in [-0.3, -0.25) is 4.98 Å². The second kappa shape index (κ2) is 5.67. The van der Waals surface area contributed by atoms with Crippen LogP contribution in [0.25, 0.3) is 0 Å². The second-order valence-electron chi connectivity index (χ2n) is 5.07.